The van der Waals surface area contributed by atoms with Crippen LogP contribution >= 0.6 is 0 Å². The van der Waals surface area contributed by atoms with Crippen LogP contribution in [0.1, 0.15) is 58.3 Å². The lowest BCUT2D eigenvalue weighted by Gasteiger charge is -2.27. The zero-order chi connectivity index (χ0) is 21.3. The van der Waals surface area contributed by atoms with Gasteiger partial charge in [-0.3, -0.25) is 0 Å². The highest BCUT2D eigenvalue weighted by Crippen LogP contribution is 2.28. The smallest absolute Gasteiger partial charge is 0.165 e. The zero-order valence-corrected chi connectivity index (χ0v) is 17.7. The number of halogens is 2. The second-order valence-corrected chi connectivity index (χ2v) is 8.54. The SMILES string of the molecule is CC1CCCC(Oc2ccccc2F)C1.NC1CCCC(Oc2ccccc2F)C1. The van der Waals surface area contributed by atoms with Gasteiger partial charge in [0.15, 0.2) is 23.1 Å². The number of ether oxygens (including phenoxy) is 2. The van der Waals surface area contributed by atoms with Crippen molar-refractivity contribution in [3.8, 4) is 11.5 Å². The van der Waals surface area contributed by atoms with E-state index in [0.717, 1.165) is 38.5 Å². The summed E-state index contributed by atoms with van der Waals surface area (Å²) in [6.45, 7) is 2.23. The predicted octanol–water partition coefficient (Wildman–Crippen LogP) is 6.26. The molecule has 2 aromatic carbocycles. The van der Waals surface area contributed by atoms with Crippen LogP contribution in [0.15, 0.2) is 48.5 Å². The van der Waals surface area contributed by atoms with Gasteiger partial charge in [0.1, 0.15) is 6.10 Å². The van der Waals surface area contributed by atoms with Gasteiger partial charge in [0.2, 0.25) is 0 Å². The highest BCUT2D eigenvalue weighted by atomic mass is 19.1. The molecule has 2 aliphatic rings. The van der Waals surface area contributed by atoms with Crippen LogP contribution in [0, 0.1) is 17.6 Å². The second-order valence-electron chi connectivity index (χ2n) is 8.54. The Balaban J connectivity index is 0.000000171. The number of rotatable bonds is 4. The van der Waals surface area contributed by atoms with Gasteiger partial charge in [-0.2, -0.15) is 0 Å². The molecule has 0 aromatic heterocycles. The molecule has 4 rings (SSSR count). The Bertz CT molecular complexity index is 720. The monoisotopic (exact) mass is 417 g/mol. The van der Waals surface area contributed by atoms with Gasteiger partial charge in [0, 0.05) is 6.04 Å². The van der Waals surface area contributed by atoms with Crippen molar-refractivity contribution in [1.82, 2.24) is 0 Å². The number of para-hydroxylation sites is 2. The van der Waals surface area contributed by atoms with Gasteiger partial charge >= 0.3 is 0 Å². The maximum absolute atomic E-state index is 13.3. The first-order chi connectivity index (χ1) is 14.5. The molecule has 0 aliphatic heterocycles. The highest BCUT2D eigenvalue weighted by Gasteiger charge is 2.22. The molecule has 2 saturated carbocycles. The summed E-state index contributed by atoms with van der Waals surface area (Å²) in [6.07, 6.45) is 8.77. The topological polar surface area (TPSA) is 44.5 Å². The number of benzene rings is 2. The highest BCUT2D eigenvalue weighted by molar-refractivity contribution is 5.24. The Hall–Kier alpha value is -2.14. The lowest BCUT2D eigenvalue weighted by atomic mass is 9.89. The molecule has 2 aromatic rings. The summed E-state index contributed by atoms with van der Waals surface area (Å²) in [7, 11) is 0. The van der Waals surface area contributed by atoms with Gasteiger partial charge in [0.05, 0.1) is 6.10 Å². The molecular weight excluding hydrogens is 384 g/mol. The van der Waals surface area contributed by atoms with Crippen LogP contribution in [0.5, 0.6) is 11.5 Å². The summed E-state index contributed by atoms with van der Waals surface area (Å²) >= 11 is 0. The summed E-state index contributed by atoms with van der Waals surface area (Å²) in [5, 5.41) is 0. The van der Waals surface area contributed by atoms with Crippen LogP contribution in [0.25, 0.3) is 0 Å². The number of nitrogens with two attached hydrogens (primary N) is 1. The lowest BCUT2D eigenvalue weighted by Crippen LogP contribution is -2.33. The maximum Gasteiger partial charge on any atom is 0.165 e. The Morgan fingerprint density at radius 2 is 1.23 bits per heavy atom. The molecule has 5 heteroatoms. The predicted molar refractivity (Wildman–Crippen MR) is 116 cm³/mol. The molecule has 164 valence electrons. The van der Waals surface area contributed by atoms with Gasteiger partial charge < -0.3 is 15.2 Å². The standard InChI is InChI=1S/C13H17FO.C12H16FNO/c1-10-5-4-6-11(9-10)15-13-8-3-2-7-12(13)14;13-11-6-1-2-7-12(11)15-10-5-3-4-9(14)8-10/h2-3,7-8,10-11H,4-6,9H2,1H3;1-2,6-7,9-10H,3-5,8,14H2. The third-order valence-electron chi connectivity index (χ3n) is 5.82. The van der Waals surface area contributed by atoms with E-state index in [1.807, 2.05) is 6.07 Å². The molecule has 0 radical (unpaired) electrons. The molecule has 4 unspecified atom stereocenters. The van der Waals surface area contributed by atoms with E-state index < -0.39 is 0 Å². The Morgan fingerprint density at radius 1 is 0.733 bits per heavy atom. The first-order valence-electron chi connectivity index (χ1n) is 11.1. The van der Waals surface area contributed by atoms with Crippen LogP contribution in [0.3, 0.4) is 0 Å². The van der Waals surface area contributed by atoms with Gasteiger partial charge in [0.25, 0.3) is 0 Å². The van der Waals surface area contributed by atoms with E-state index in [-0.39, 0.29) is 29.9 Å². The van der Waals surface area contributed by atoms with E-state index in [4.69, 9.17) is 15.2 Å². The number of hydrogen-bond donors (Lipinski definition) is 1. The summed E-state index contributed by atoms with van der Waals surface area (Å²) in [6, 6.07) is 13.4. The van der Waals surface area contributed by atoms with Crippen molar-refractivity contribution in [2.45, 2.75) is 76.5 Å². The fourth-order valence-electron chi connectivity index (χ4n) is 4.21. The molecular formula is C25H33F2NO2. The quantitative estimate of drug-likeness (QED) is 0.639. The van der Waals surface area contributed by atoms with Gasteiger partial charge in [-0.25, -0.2) is 8.78 Å². The zero-order valence-electron chi connectivity index (χ0n) is 17.7. The van der Waals surface area contributed by atoms with Crippen LogP contribution in [-0.2, 0) is 0 Å². The second kappa shape index (κ2) is 11.3. The lowest BCUT2D eigenvalue weighted by molar-refractivity contribution is 0.124. The molecule has 0 bridgehead atoms. The third kappa shape index (κ3) is 6.98. The number of hydrogen-bond acceptors (Lipinski definition) is 3. The van der Waals surface area contributed by atoms with Gasteiger partial charge in [-0.05, 0) is 75.1 Å². The summed E-state index contributed by atoms with van der Waals surface area (Å²) in [4.78, 5) is 0. The van der Waals surface area contributed by atoms with Crippen LogP contribution in [0.4, 0.5) is 8.78 Å². The van der Waals surface area contributed by atoms with Crippen LogP contribution in [0.2, 0.25) is 0 Å². The van der Waals surface area contributed by atoms with Crippen molar-refractivity contribution in [2.75, 3.05) is 0 Å². The summed E-state index contributed by atoms with van der Waals surface area (Å²) in [5.74, 6) is 0.899. The van der Waals surface area contributed by atoms with E-state index in [2.05, 4.69) is 6.92 Å². The minimum Gasteiger partial charge on any atom is -0.487 e. The molecule has 4 atom stereocenters. The molecule has 2 N–H and O–H groups in total. The van der Waals surface area contributed by atoms with E-state index in [1.165, 1.54) is 25.0 Å². The molecule has 2 aliphatic carbocycles. The molecule has 0 saturated heterocycles. The van der Waals surface area contributed by atoms with Crippen molar-refractivity contribution >= 4 is 0 Å². The normalized spacial score (nSPS) is 26.3. The molecule has 0 spiro atoms. The average Bonchev–Trinajstić information content (AvgIpc) is 2.72. The van der Waals surface area contributed by atoms with Crippen molar-refractivity contribution in [3.63, 3.8) is 0 Å². The average molecular weight is 418 g/mol. The van der Waals surface area contributed by atoms with E-state index >= 15 is 0 Å². The van der Waals surface area contributed by atoms with Gasteiger partial charge in [-0.1, -0.05) is 37.6 Å². The van der Waals surface area contributed by atoms with Crippen LogP contribution in [-0.4, -0.2) is 18.2 Å². The molecule has 2 fully saturated rings. The van der Waals surface area contributed by atoms with Crippen LogP contribution < -0.4 is 15.2 Å². The van der Waals surface area contributed by atoms with Gasteiger partial charge in [-0.15, -0.1) is 0 Å². The maximum atomic E-state index is 13.3. The molecule has 3 nitrogen and oxygen atoms in total. The first-order valence-corrected chi connectivity index (χ1v) is 11.1. The fraction of sp³-hybridized carbons (Fsp3) is 0.520. The molecule has 0 amide bonds. The Labute approximate surface area is 178 Å². The largest absolute Gasteiger partial charge is 0.487 e. The minimum absolute atomic E-state index is 0.0747. The van der Waals surface area contributed by atoms with E-state index in [1.54, 1.807) is 30.3 Å². The minimum atomic E-state index is -0.295. The van der Waals surface area contributed by atoms with E-state index in [0.29, 0.717) is 17.4 Å². The van der Waals surface area contributed by atoms with Crippen molar-refractivity contribution < 1.29 is 18.3 Å². The summed E-state index contributed by atoms with van der Waals surface area (Å²) < 4.78 is 37.9. The molecule has 0 heterocycles. The van der Waals surface area contributed by atoms with Crippen molar-refractivity contribution in [3.05, 3.63) is 60.2 Å². The summed E-state index contributed by atoms with van der Waals surface area (Å²) in [5.41, 5.74) is 5.84. The third-order valence-corrected chi connectivity index (χ3v) is 5.82. The first kappa shape index (κ1) is 22.5. The Morgan fingerprint density at radius 3 is 1.73 bits per heavy atom. The fourth-order valence-corrected chi connectivity index (χ4v) is 4.21. The van der Waals surface area contributed by atoms with E-state index in [9.17, 15) is 8.78 Å². The van der Waals surface area contributed by atoms with Crippen molar-refractivity contribution in [2.24, 2.45) is 11.7 Å². The Kier molecular flexibility index (Phi) is 8.50. The molecule has 30 heavy (non-hydrogen) atoms. The van der Waals surface area contributed by atoms with Crippen molar-refractivity contribution in [1.29, 1.82) is 0 Å².